The van der Waals surface area contributed by atoms with Crippen LogP contribution in [0.1, 0.15) is 90.9 Å². The van der Waals surface area contributed by atoms with Crippen molar-refractivity contribution in [2.75, 3.05) is 39.6 Å². The molecule has 4 unspecified atom stereocenters. The lowest BCUT2D eigenvalue weighted by atomic mass is 10.1. The van der Waals surface area contributed by atoms with Crippen molar-refractivity contribution in [3.05, 3.63) is 0 Å². The Bertz CT molecular complexity index is 670. The van der Waals surface area contributed by atoms with E-state index in [0.29, 0.717) is 25.4 Å². The van der Waals surface area contributed by atoms with Crippen LogP contribution in [0.5, 0.6) is 0 Å². The van der Waals surface area contributed by atoms with Gasteiger partial charge in [-0.3, -0.25) is 0 Å². The van der Waals surface area contributed by atoms with Crippen LogP contribution in [0.4, 0.5) is 9.59 Å². The smallest absolute Gasteiger partial charge is 0.434 e. The first kappa shape index (κ1) is 36.0. The molecule has 0 aromatic carbocycles. The highest BCUT2D eigenvalue weighted by atomic mass is 28.4. The summed E-state index contributed by atoms with van der Waals surface area (Å²) >= 11 is 0. The summed E-state index contributed by atoms with van der Waals surface area (Å²) in [6.45, 7) is 10.2. The van der Waals surface area contributed by atoms with Gasteiger partial charge < -0.3 is 32.5 Å². The highest BCUT2D eigenvalue weighted by Crippen LogP contribution is 2.29. The van der Waals surface area contributed by atoms with Gasteiger partial charge in [-0.05, 0) is 76.8 Å². The molecular weight excluding hydrogens is 560 g/mol. The largest absolute Gasteiger partial charge is 0.508 e. The lowest BCUT2D eigenvalue weighted by Crippen LogP contribution is -2.37. The van der Waals surface area contributed by atoms with Crippen LogP contribution in [0.25, 0.3) is 0 Å². The predicted molar refractivity (Wildman–Crippen MR) is 164 cm³/mol. The summed E-state index contributed by atoms with van der Waals surface area (Å²) in [5, 5.41) is 0. The fourth-order valence-corrected chi connectivity index (χ4v) is 12.8. The van der Waals surface area contributed by atoms with Crippen LogP contribution in [0.15, 0.2) is 0 Å². The van der Waals surface area contributed by atoms with Crippen LogP contribution >= 0.6 is 0 Å². The van der Waals surface area contributed by atoms with Gasteiger partial charge >= 0.3 is 12.3 Å². The number of carbonyl (C=O) groups excluding carboxylic acids is 2. The van der Waals surface area contributed by atoms with Gasteiger partial charge in [-0.1, -0.05) is 51.4 Å². The number of hydrogen-bond acceptors (Lipinski definition) is 9. The minimum absolute atomic E-state index is 0.0831. The Labute approximate surface area is 250 Å². The van der Waals surface area contributed by atoms with E-state index in [2.05, 4.69) is 26.9 Å². The van der Waals surface area contributed by atoms with Gasteiger partial charge in [-0.15, -0.1) is 0 Å². The Balaban J connectivity index is 1.43. The van der Waals surface area contributed by atoms with Gasteiger partial charge in [0.2, 0.25) is 0 Å². The summed E-state index contributed by atoms with van der Waals surface area (Å²) in [7, 11) is -3.53. The lowest BCUT2D eigenvalue weighted by molar-refractivity contribution is 0.00608. The van der Waals surface area contributed by atoms with Gasteiger partial charge in [0.1, 0.15) is 13.2 Å². The third-order valence-electron chi connectivity index (χ3n) is 8.14. The molecule has 2 rings (SSSR count). The molecule has 0 radical (unpaired) electrons. The van der Waals surface area contributed by atoms with Crippen LogP contribution < -0.4 is 0 Å². The third-order valence-corrected chi connectivity index (χ3v) is 15.7. The highest BCUT2D eigenvalue weighted by molar-refractivity contribution is 6.72. The quantitative estimate of drug-likeness (QED) is 0.109. The van der Waals surface area contributed by atoms with Crippen molar-refractivity contribution in [2.24, 2.45) is 0 Å². The van der Waals surface area contributed by atoms with Gasteiger partial charge in [-0.2, -0.15) is 0 Å². The van der Waals surface area contributed by atoms with E-state index in [9.17, 15) is 9.59 Å². The highest BCUT2D eigenvalue weighted by Gasteiger charge is 2.32. The second kappa shape index (κ2) is 20.7. The molecule has 0 N–H and O–H groups in total. The van der Waals surface area contributed by atoms with Crippen molar-refractivity contribution < 1.29 is 42.1 Å². The molecule has 2 saturated heterocycles. The Hall–Kier alpha value is -1.15. The minimum Gasteiger partial charge on any atom is -0.434 e. The zero-order chi connectivity index (χ0) is 29.8. The van der Waals surface area contributed by atoms with Crippen molar-refractivity contribution in [1.29, 1.82) is 0 Å². The first-order valence-electron chi connectivity index (χ1n) is 16.2. The van der Waals surface area contributed by atoms with Crippen LogP contribution in [0.3, 0.4) is 0 Å². The SMILES string of the molecule is CC1CCCCCC[Si](C)(CCCOC(=O)OCCOCCOC(=O)OCCC[Si]2(C)CCCCCCC(C)O2)O1. The molecule has 2 fully saturated rings. The Morgan fingerprint density at radius 1 is 0.585 bits per heavy atom. The van der Waals surface area contributed by atoms with Gasteiger partial charge in [0, 0.05) is 12.2 Å². The number of rotatable bonds is 14. The Morgan fingerprint density at radius 3 is 1.41 bits per heavy atom. The molecule has 0 bridgehead atoms. The van der Waals surface area contributed by atoms with E-state index in [1.165, 1.54) is 63.5 Å². The van der Waals surface area contributed by atoms with Crippen LogP contribution in [-0.2, 0) is 32.5 Å². The molecule has 0 amide bonds. The minimum atomic E-state index is -1.77. The molecule has 0 aromatic heterocycles. The molecule has 2 aliphatic rings. The van der Waals surface area contributed by atoms with Crippen LogP contribution in [0.2, 0.25) is 37.3 Å². The monoisotopic (exact) mass is 618 g/mol. The standard InChI is InChI=1S/C30H58O9Si2/c1-27-15-9-5-7-11-23-40(3,38-27)25-13-17-34-29(31)36-21-19-33-20-22-37-30(32)35-18-14-26-41(4)24-12-8-6-10-16-28(2)39-41/h27-28H,5-26H2,1-4H3. The molecule has 41 heavy (non-hydrogen) atoms. The molecule has 240 valence electrons. The zero-order valence-electron chi connectivity index (χ0n) is 26.4. The average molecular weight is 619 g/mol. The second-order valence-corrected chi connectivity index (χ2v) is 20.6. The number of ether oxygens (including phenoxy) is 5. The van der Waals surface area contributed by atoms with Crippen molar-refractivity contribution >= 4 is 28.9 Å². The maximum atomic E-state index is 11.8. The van der Waals surface area contributed by atoms with Gasteiger partial charge in [0.15, 0.2) is 16.6 Å². The van der Waals surface area contributed by atoms with E-state index in [1.807, 2.05) is 0 Å². The van der Waals surface area contributed by atoms with Gasteiger partial charge in [0.05, 0.1) is 26.4 Å². The lowest BCUT2D eigenvalue weighted by Gasteiger charge is -2.30. The van der Waals surface area contributed by atoms with Crippen molar-refractivity contribution in [2.45, 2.75) is 140 Å². The topological polar surface area (TPSA) is 98.8 Å². The molecule has 4 atom stereocenters. The molecule has 0 saturated carbocycles. The summed E-state index contributed by atoms with van der Waals surface area (Å²) < 4.78 is 38.9. The molecule has 0 aromatic rings. The molecule has 9 nitrogen and oxygen atoms in total. The maximum absolute atomic E-state index is 11.8. The van der Waals surface area contributed by atoms with Crippen LogP contribution in [0, 0.1) is 0 Å². The van der Waals surface area contributed by atoms with E-state index in [0.717, 1.165) is 37.8 Å². The summed E-state index contributed by atoms with van der Waals surface area (Å²) in [6.07, 6.45) is 13.3. The summed E-state index contributed by atoms with van der Waals surface area (Å²) in [4.78, 5) is 23.7. The van der Waals surface area contributed by atoms with Crippen LogP contribution in [-0.4, -0.2) is 80.8 Å². The molecule has 0 spiro atoms. The third kappa shape index (κ3) is 17.5. The first-order chi connectivity index (χ1) is 19.7. The van der Waals surface area contributed by atoms with E-state index in [4.69, 9.17) is 32.5 Å². The van der Waals surface area contributed by atoms with E-state index in [1.54, 1.807) is 0 Å². The molecular formula is C30H58O9Si2. The second-order valence-electron chi connectivity index (χ2n) is 12.4. The van der Waals surface area contributed by atoms with E-state index < -0.39 is 28.9 Å². The first-order valence-corrected chi connectivity index (χ1v) is 21.9. The Kier molecular flexibility index (Phi) is 18.2. The predicted octanol–water partition coefficient (Wildman–Crippen LogP) is 7.98. The fourth-order valence-electron chi connectivity index (χ4n) is 5.90. The van der Waals surface area contributed by atoms with Crippen molar-refractivity contribution in [3.63, 3.8) is 0 Å². The van der Waals surface area contributed by atoms with Gasteiger partial charge in [-0.25, -0.2) is 9.59 Å². The maximum Gasteiger partial charge on any atom is 0.508 e. The molecule has 0 aliphatic carbocycles. The Morgan fingerprint density at radius 2 is 0.976 bits per heavy atom. The van der Waals surface area contributed by atoms with Crippen molar-refractivity contribution in [1.82, 2.24) is 0 Å². The van der Waals surface area contributed by atoms with Crippen molar-refractivity contribution in [3.8, 4) is 0 Å². The average Bonchev–Trinajstić information content (AvgIpc) is 3.06. The summed E-state index contributed by atoms with van der Waals surface area (Å²) in [5.74, 6) is 0. The molecule has 2 aliphatic heterocycles. The molecule has 2 heterocycles. The number of hydrogen-bond donors (Lipinski definition) is 0. The summed E-state index contributed by atoms with van der Waals surface area (Å²) in [6, 6.07) is 4.34. The normalized spacial score (nSPS) is 28.1. The number of carbonyl (C=O) groups is 2. The van der Waals surface area contributed by atoms with Gasteiger partial charge in [0.25, 0.3) is 0 Å². The van der Waals surface area contributed by atoms with E-state index in [-0.39, 0.29) is 26.4 Å². The van der Waals surface area contributed by atoms with E-state index >= 15 is 0 Å². The molecule has 11 heteroatoms. The zero-order valence-corrected chi connectivity index (χ0v) is 28.4. The fraction of sp³-hybridized carbons (Fsp3) is 0.933. The summed E-state index contributed by atoms with van der Waals surface area (Å²) in [5.41, 5.74) is 0.